The number of hydrogen-bond donors (Lipinski definition) is 2. The predicted octanol–water partition coefficient (Wildman–Crippen LogP) is 4.13. The first-order valence-electron chi connectivity index (χ1n) is 13.6. The SMILES string of the molecule is COc1cc(C)c(C(=O)N2C[C@@H]3C(NC(=O)C[C@H](NC(=O)Cc4ccccc4)c4cccc(F)c4)[C@@H]3C2)c(C)c1. The van der Waals surface area contributed by atoms with E-state index in [0.717, 1.165) is 22.4 Å². The molecule has 0 aromatic heterocycles. The molecule has 7 nitrogen and oxygen atoms in total. The molecule has 0 spiro atoms. The fourth-order valence-corrected chi connectivity index (χ4v) is 5.88. The minimum atomic E-state index is -0.662. The zero-order chi connectivity index (χ0) is 28.4. The third kappa shape index (κ3) is 6.01. The van der Waals surface area contributed by atoms with Gasteiger partial charge in [-0.05, 0) is 60.4 Å². The van der Waals surface area contributed by atoms with Crippen LogP contribution < -0.4 is 15.4 Å². The van der Waals surface area contributed by atoms with Crippen molar-refractivity contribution in [3.05, 3.63) is 100 Å². The molecule has 0 bridgehead atoms. The smallest absolute Gasteiger partial charge is 0.254 e. The number of fused-ring (bicyclic) bond motifs is 1. The molecule has 1 saturated heterocycles. The van der Waals surface area contributed by atoms with E-state index in [4.69, 9.17) is 4.74 Å². The third-order valence-electron chi connectivity index (χ3n) is 7.95. The van der Waals surface area contributed by atoms with Gasteiger partial charge in [-0.15, -0.1) is 0 Å². The number of aryl methyl sites for hydroxylation is 2. The Morgan fingerprint density at radius 3 is 2.25 bits per heavy atom. The summed E-state index contributed by atoms with van der Waals surface area (Å²) in [5.74, 6) is 0.250. The van der Waals surface area contributed by atoms with Gasteiger partial charge in [-0.2, -0.15) is 0 Å². The number of benzene rings is 3. The van der Waals surface area contributed by atoms with Crippen molar-refractivity contribution >= 4 is 17.7 Å². The van der Waals surface area contributed by atoms with Gasteiger partial charge in [0.1, 0.15) is 11.6 Å². The number of piperidine rings is 1. The summed E-state index contributed by atoms with van der Waals surface area (Å²) in [4.78, 5) is 41.0. The van der Waals surface area contributed by atoms with Gasteiger partial charge in [0.05, 0.1) is 26.0 Å². The lowest BCUT2D eigenvalue weighted by atomic mass is 10.0. The molecule has 8 heteroatoms. The molecule has 4 atom stereocenters. The fraction of sp³-hybridized carbons (Fsp3) is 0.344. The lowest BCUT2D eigenvalue weighted by molar-refractivity contribution is -0.123. The number of halogens is 1. The largest absolute Gasteiger partial charge is 0.497 e. The summed E-state index contributed by atoms with van der Waals surface area (Å²) in [6.07, 6.45) is 0.158. The van der Waals surface area contributed by atoms with Crippen LogP contribution in [0.25, 0.3) is 0 Å². The van der Waals surface area contributed by atoms with Crippen LogP contribution >= 0.6 is 0 Å². The first kappa shape index (κ1) is 27.4. The third-order valence-corrected chi connectivity index (χ3v) is 7.95. The first-order valence-corrected chi connectivity index (χ1v) is 13.6. The Morgan fingerprint density at radius 2 is 1.62 bits per heavy atom. The van der Waals surface area contributed by atoms with Crippen LogP contribution in [0, 0.1) is 31.5 Å². The molecule has 3 amide bonds. The van der Waals surface area contributed by atoms with Crippen LogP contribution in [0.4, 0.5) is 4.39 Å². The van der Waals surface area contributed by atoms with Crippen LogP contribution in [0.2, 0.25) is 0 Å². The molecule has 1 unspecified atom stereocenters. The highest BCUT2D eigenvalue weighted by Crippen LogP contribution is 2.46. The molecule has 3 aromatic rings. The number of nitrogens with zero attached hydrogens (tertiary/aromatic N) is 1. The maximum absolute atomic E-state index is 14.0. The van der Waals surface area contributed by atoms with Gasteiger partial charge in [-0.3, -0.25) is 14.4 Å². The second-order valence-electron chi connectivity index (χ2n) is 10.8. The molecule has 1 saturated carbocycles. The summed E-state index contributed by atoms with van der Waals surface area (Å²) in [6, 6.07) is 18.4. The summed E-state index contributed by atoms with van der Waals surface area (Å²) < 4.78 is 19.3. The van der Waals surface area contributed by atoms with E-state index in [1.807, 2.05) is 61.2 Å². The Kier molecular flexibility index (Phi) is 7.87. The monoisotopic (exact) mass is 543 g/mol. The van der Waals surface area contributed by atoms with Crippen molar-refractivity contribution in [3.63, 3.8) is 0 Å². The van der Waals surface area contributed by atoms with E-state index in [2.05, 4.69) is 10.6 Å². The molecule has 2 fully saturated rings. The molecule has 1 aliphatic carbocycles. The van der Waals surface area contributed by atoms with Crippen molar-refractivity contribution in [2.45, 2.75) is 38.8 Å². The number of amides is 3. The molecule has 40 heavy (non-hydrogen) atoms. The average molecular weight is 544 g/mol. The summed E-state index contributed by atoms with van der Waals surface area (Å²) in [5.41, 5.74) is 3.85. The summed E-state index contributed by atoms with van der Waals surface area (Å²) >= 11 is 0. The number of hydrogen-bond acceptors (Lipinski definition) is 4. The maximum atomic E-state index is 14.0. The summed E-state index contributed by atoms with van der Waals surface area (Å²) in [5, 5.41) is 6.01. The molecule has 1 heterocycles. The van der Waals surface area contributed by atoms with Crippen molar-refractivity contribution in [3.8, 4) is 5.75 Å². The van der Waals surface area contributed by atoms with Crippen molar-refractivity contribution in [2.75, 3.05) is 20.2 Å². The Hall–Kier alpha value is -4.20. The maximum Gasteiger partial charge on any atom is 0.254 e. The van der Waals surface area contributed by atoms with Gasteiger partial charge in [0.25, 0.3) is 5.91 Å². The Balaban J connectivity index is 1.18. The van der Waals surface area contributed by atoms with Crippen molar-refractivity contribution < 1.29 is 23.5 Å². The topological polar surface area (TPSA) is 87.7 Å². The number of likely N-dealkylation sites (tertiary alicyclic amines) is 1. The van der Waals surface area contributed by atoms with Gasteiger partial charge >= 0.3 is 0 Å². The van der Waals surface area contributed by atoms with Gasteiger partial charge in [0.2, 0.25) is 11.8 Å². The second-order valence-corrected chi connectivity index (χ2v) is 10.8. The van der Waals surface area contributed by atoms with Crippen molar-refractivity contribution in [2.24, 2.45) is 11.8 Å². The first-order chi connectivity index (χ1) is 19.2. The normalized spacial score (nSPS) is 19.9. The molecule has 5 rings (SSSR count). The van der Waals surface area contributed by atoms with Gasteiger partial charge in [0.15, 0.2) is 0 Å². The standard InChI is InChI=1S/C32H34FN3O4/c1-19-12-24(40-3)13-20(2)30(19)32(39)36-17-25-26(18-36)31(25)35-29(38)16-27(22-10-7-11-23(33)15-22)34-28(37)14-21-8-5-4-6-9-21/h4-13,15,25-27,31H,14,16-18H2,1-3H3,(H,34,37)(H,35,38)/t25-,26+,27-,31?/m0/s1. The highest BCUT2D eigenvalue weighted by atomic mass is 19.1. The van der Waals surface area contributed by atoms with E-state index in [-0.39, 0.29) is 48.4 Å². The molecular formula is C32H34FN3O4. The minimum absolute atomic E-state index is 0.00206. The number of carbonyl (C=O) groups excluding carboxylic acids is 3. The van der Waals surface area contributed by atoms with Crippen LogP contribution in [-0.4, -0.2) is 48.9 Å². The number of carbonyl (C=O) groups is 3. The minimum Gasteiger partial charge on any atom is -0.497 e. The van der Waals surface area contributed by atoms with Gasteiger partial charge < -0.3 is 20.3 Å². The van der Waals surface area contributed by atoms with E-state index < -0.39 is 11.9 Å². The molecule has 2 N–H and O–H groups in total. The van der Waals surface area contributed by atoms with Gasteiger partial charge in [-0.25, -0.2) is 4.39 Å². The quantitative estimate of drug-likeness (QED) is 0.425. The molecule has 1 aliphatic heterocycles. The molecule has 208 valence electrons. The molecule has 2 aliphatic rings. The van der Waals surface area contributed by atoms with E-state index in [9.17, 15) is 18.8 Å². The lowest BCUT2D eigenvalue weighted by Gasteiger charge is -2.23. The Bertz CT molecular complexity index is 1390. The molecule has 3 aromatic carbocycles. The second kappa shape index (κ2) is 11.5. The Labute approximate surface area is 233 Å². The van der Waals surface area contributed by atoms with E-state index in [1.165, 1.54) is 12.1 Å². The van der Waals surface area contributed by atoms with E-state index in [0.29, 0.717) is 24.2 Å². The average Bonchev–Trinajstić information content (AvgIpc) is 3.34. The van der Waals surface area contributed by atoms with Crippen LogP contribution in [0.15, 0.2) is 66.7 Å². The summed E-state index contributed by atoms with van der Waals surface area (Å²) in [6.45, 7) is 4.99. The predicted molar refractivity (Wildman–Crippen MR) is 149 cm³/mol. The van der Waals surface area contributed by atoms with Crippen LogP contribution in [0.1, 0.15) is 45.1 Å². The van der Waals surface area contributed by atoms with Gasteiger partial charge in [0, 0.05) is 36.5 Å². The molecular weight excluding hydrogens is 509 g/mol. The van der Waals surface area contributed by atoms with Gasteiger partial charge in [-0.1, -0.05) is 42.5 Å². The highest BCUT2D eigenvalue weighted by Gasteiger charge is 2.57. The number of ether oxygens (including phenoxy) is 1. The van der Waals surface area contributed by atoms with E-state index >= 15 is 0 Å². The summed E-state index contributed by atoms with van der Waals surface area (Å²) in [7, 11) is 1.61. The number of rotatable bonds is 9. The Morgan fingerprint density at radius 1 is 0.950 bits per heavy atom. The number of methoxy groups -OCH3 is 1. The van der Waals surface area contributed by atoms with Crippen LogP contribution in [0.5, 0.6) is 5.75 Å². The zero-order valence-corrected chi connectivity index (χ0v) is 22.9. The van der Waals surface area contributed by atoms with Crippen molar-refractivity contribution in [1.29, 1.82) is 0 Å². The van der Waals surface area contributed by atoms with E-state index in [1.54, 1.807) is 19.2 Å². The van der Waals surface area contributed by atoms with Crippen molar-refractivity contribution in [1.82, 2.24) is 15.5 Å². The number of nitrogens with one attached hydrogen (secondary N) is 2. The molecule has 0 radical (unpaired) electrons. The van der Waals surface area contributed by atoms with Crippen LogP contribution in [-0.2, 0) is 16.0 Å². The van der Waals surface area contributed by atoms with Crippen LogP contribution in [0.3, 0.4) is 0 Å². The lowest BCUT2D eigenvalue weighted by Crippen LogP contribution is -2.39. The zero-order valence-electron chi connectivity index (χ0n) is 22.9. The fourth-order valence-electron chi connectivity index (χ4n) is 5.88. The highest BCUT2D eigenvalue weighted by molar-refractivity contribution is 5.97.